The maximum absolute atomic E-state index is 11.4. The summed E-state index contributed by atoms with van der Waals surface area (Å²) in [6.45, 7) is 0.819. The topological polar surface area (TPSA) is 84.7 Å². The first-order valence-electron chi connectivity index (χ1n) is 4.78. The highest BCUT2D eigenvalue weighted by molar-refractivity contribution is 5.98. The molecule has 0 saturated carbocycles. The third-order valence-corrected chi connectivity index (χ3v) is 2.21. The fraction of sp³-hybridized carbons (Fsp3) is 0.200. The molecule has 0 unspecified atom stereocenters. The van der Waals surface area contributed by atoms with Gasteiger partial charge in [-0.1, -0.05) is 12.1 Å². The molecule has 0 radical (unpaired) electrons. The van der Waals surface area contributed by atoms with E-state index in [-0.39, 0.29) is 0 Å². The molecule has 1 saturated heterocycles. The monoisotopic (exact) mass is 221 g/mol. The number of rotatable bonds is 2. The lowest BCUT2D eigenvalue weighted by Gasteiger charge is -2.16. The summed E-state index contributed by atoms with van der Waals surface area (Å²) < 4.78 is 4.82. The molecule has 0 aromatic heterocycles. The van der Waals surface area contributed by atoms with Crippen molar-refractivity contribution < 1.29 is 14.3 Å². The maximum Gasteiger partial charge on any atom is 0.414 e. The van der Waals surface area contributed by atoms with E-state index < -0.39 is 12.1 Å². The van der Waals surface area contributed by atoms with Crippen molar-refractivity contribution in [1.29, 1.82) is 0 Å². The summed E-state index contributed by atoms with van der Waals surface area (Å²) in [5.74, 6) is 0. The Morgan fingerprint density at radius 2 is 2.19 bits per heavy atom. The van der Waals surface area contributed by atoms with Gasteiger partial charge in [-0.2, -0.15) is 0 Å². The number of cyclic esters (lactones) is 1. The zero-order valence-corrected chi connectivity index (χ0v) is 8.47. The zero-order valence-electron chi connectivity index (χ0n) is 8.47. The van der Waals surface area contributed by atoms with Crippen LogP contribution in [0.4, 0.5) is 21.0 Å². The van der Waals surface area contributed by atoms with Gasteiger partial charge in [0.15, 0.2) is 0 Å². The Kier molecular flexibility index (Phi) is 2.63. The number of anilines is 2. The number of nitrogens with one attached hydrogen (secondary N) is 1. The number of amides is 3. The standard InChI is InChI=1S/C10H11N3O3/c11-9(14)12-7-3-1-2-4-8(7)13-5-6-16-10(13)15/h1-4H,5-6H2,(H3,11,12,14). The lowest BCUT2D eigenvalue weighted by atomic mass is 10.2. The molecule has 1 aliphatic heterocycles. The minimum atomic E-state index is -0.667. The highest BCUT2D eigenvalue weighted by Crippen LogP contribution is 2.27. The van der Waals surface area contributed by atoms with Crippen LogP contribution in [0.15, 0.2) is 24.3 Å². The fourth-order valence-corrected chi connectivity index (χ4v) is 1.56. The molecule has 0 atom stereocenters. The summed E-state index contributed by atoms with van der Waals surface area (Å²) in [6, 6.07) is 6.24. The number of benzene rings is 1. The summed E-state index contributed by atoms with van der Waals surface area (Å²) in [5, 5.41) is 2.46. The van der Waals surface area contributed by atoms with Crippen molar-refractivity contribution in [2.24, 2.45) is 5.73 Å². The molecule has 2 rings (SSSR count). The molecule has 0 spiro atoms. The first kappa shape index (κ1) is 10.3. The van der Waals surface area contributed by atoms with Crippen LogP contribution in [0.2, 0.25) is 0 Å². The molecule has 84 valence electrons. The molecular formula is C10H11N3O3. The Balaban J connectivity index is 2.32. The Bertz CT molecular complexity index is 433. The third-order valence-electron chi connectivity index (χ3n) is 2.21. The van der Waals surface area contributed by atoms with Crippen LogP contribution >= 0.6 is 0 Å². The van der Waals surface area contributed by atoms with Crippen LogP contribution in [0, 0.1) is 0 Å². The largest absolute Gasteiger partial charge is 0.447 e. The maximum atomic E-state index is 11.4. The van der Waals surface area contributed by atoms with Crippen molar-refractivity contribution in [3.8, 4) is 0 Å². The fourth-order valence-electron chi connectivity index (χ4n) is 1.56. The molecular weight excluding hydrogens is 210 g/mol. The molecule has 16 heavy (non-hydrogen) atoms. The SMILES string of the molecule is NC(=O)Nc1ccccc1N1CCOC1=O. The minimum absolute atomic E-state index is 0.351. The van der Waals surface area contributed by atoms with Gasteiger partial charge in [0.1, 0.15) is 6.61 Å². The van der Waals surface area contributed by atoms with Crippen LogP contribution in [-0.4, -0.2) is 25.3 Å². The number of hydrogen-bond donors (Lipinski definition) is 2. The average molecular weight is 221 g/mol. The summed E-state index contributed by atoms with van der Waals surface area (Å²) in [6.07, 6.45) is -0.418. The van der Waals surface area contributed by atoms with Gasteiger partial charge in [-0.25, -0.2) is 9.59 Å². The van der Waals surface area contributed by atoms with Crippen LogP contribution < -0.4 is 16.0 Å². The molecule has 3 amide bonds. The van der Waals surface area contributed by atoms with Crippen molar-refractivity contribution in [2.75, 3.05) is 23.4 Å². The first-order chi connectivity index (χ1) is 7.68. The molecule has 1 fully saturated rings. The second-order valence-corrected chi connectivity index (χ2v) is 3.27. The number of hydrogen-bond acceptors (Lipinski definition) is 3. The van der Waals surface area contributed by atoms with E-state index in [2.05, 4.69) is 5.32 Å². The van der Waals surface area contributed by atoms with E-state index in [0.717, 1.165) is 0 Å². The van der Waals surface area contributed by atoms with Gasteiger partial charge in [0.05, 0.1) is 17.9 Å². The van der Waals surface area contributed by atoms with E-state index >= 15 is 0 Å². The number of para-hydroxylation sites is 2. The highest BCUT2D eigenvalue weighted by atomic mass is 16.6. The van der Waals surface area contributed by atoms with Gasteiger partial charge in [0.25, 0.3) is 0 Å². The Hall–Kier alpha value is -2.24. The summed E-state index contributed by atoms with van der Waals surface area (Å²) >= 11 is 0. The van der Waals surface area contributed by atoms with E-state index in [4.69, 9.17) is 10.5 Å². The second-order valence-electron chi connectivity index (χ2n) is 3.27. The number of nitrogens with zero attached hydrogens (tertiary/aromatic N) is 1. The third kappa shape index (κ3) is 1.90. The zero-order chi connectivity index (χ0) is 11.5. The molecule has 0 bridgehead atoms. The molecule has 1 aliphatic rings. The molecule has 3 N–H and O–H groups in total. The van der Waals surface area contributed by atoms with Gasteiger partial charge < -0.3 is 15.8 Å². The van der Waals surface area contributed by atoms with E-state index in [0.29, 0.717) is 24.5 Å². The van der Waals surface area contributed by atoms with E-state index in [1.165, 1.54) is 4.90 Å². The molecule has 1 aromatic rings. The lowest BCUT2D eigenvalue weighted by molar-refractivity contribution is 0.181. The highest BCUT2D eigenvalue weighted by Gasteiger charge is 2.25. The number of urea groups is 1. The Morgan fingerprint density at radius 1 is 1.44 bits per heavy atom. The molecule has 6 nitrogen and oxygen atoms in total. The Morgan fingerprint density at radius 3 is 2.81 bits per heavy atom. The first-order valence-corrected chi connectivity index (χ1v) is 4.78. The molecule has 0 aliphatic carbocycles. The van der Waals surface area contributed by atoms with Crippen LogP contribution in [0.1, 0.15) is 0 Å². The van der Waals surface area contributed by atoms with Crippen LogP contribution in [0.5, 0.6) is 0 Å². The molecule has 1 aromatic carbocycles. The van der Waals surface area contributed by atoms with E-state index in [9.17, 15) is 9.59 Å². The number of ether oxygens (including phenoxy) is 1. The number of carbonyl (C=O) groups excluding carboxylic acids is 2. The van der Waals surface area contributed by atoms with Gasteiger partial charge >= 0.3 is 12.1 Å². The predicted octanol–water partition coefficient (Wildman–Crippen LogP) is 1.13. The van der Waals surface area contributed by atoms with Crippen molar-refractivity contribution in [1.82, 2.24) is 0 Å². The van der Waals surface area contributed by atoms with Gasteiger partial charge in [0, 0.05) is 0 Å². The summed E-state index contributed by atoms with van der Waals surface area (Å²) in [5.41, 5.74) is 6.12. The van der Waals surface area contributed by atoms with Crippen LogP contribution in [0.3, 0.4) is 0 Å². The van der Waals surface area contributed by atoms with Crippen molar-refractivity contribution in [3.63, 3.8) is 0 Å². The van der Waals surface area contributed by atoms with Gasteiger partial charge in [-0.15, -0.1) is 0 Å². The second kappa shape index (κ2) is 4.09. The minimum Gasteiger partial charge on any atom is -0.447 e. The van der Waals surface area contributed by atoms with Crippen LogP contribution in [-0.2, 0) is 4.74 Å². The number of primary amides is 1. The van der Waals surface area contributed by atoms with Crippen LogP contribution in [0.25, 0.3) is 0 Å². The molecule has 1 heterocycles. The summed E-state index contributed by atoms with van der Waals surface area (Å²) in [7, 11) is 0. The van der Waals surface area contributed by atoms with Gasteiger partial charge in [0.2, 0.25) is 0 Å². The predicted molar refractivity (Wildman–Crippen MR) is 58.3 cm³/mol. The quantitative estimate of drug-likeness (QED) is 0.785. The number of carbonyl (C=O) groups is 2. The van der Waals surface area contributed by atoms with E-state index in [1.54, 1.807) is 24.3 Å². The normalized spacial score (nSPS) is 14.8. The van der Waals surface area contributed by atoms with E-state index in [1.807, 2.05) is 0 Å². The van der Waals surface area contributed by atoms with Crippen molar-refractivity contribution in [2.45, 2.75) is 0 Å². The van der Waals surface area contributed by atoms with Gasteiger partial charge in [-0.3, -0.25) is 4.90 Å². The van der Waals surface area contributed by atoms with Crippen molar-refractivity contribution >= 4 is 23.5 Å². The lowest BCUT2D eigenvalue weighted by Crippen LogP contribution is -2.26. The summed E-state index contributed by atoms with van der Waals surface area (Å²) in [4.78, 5) is 23.6. The molecule has 6 heteroatoms. The van der Waals surface area contributed by atoms with Crippen molar-refractivity contribution in [3.05, 3.63) is 24.3 Å². The number of nitrogens with two attached hydrogens (primary N) is 1. The van der Waals surface area contributed by atoms with Gasteiger partial charge in [-0.05, 0) is 12.1 Å². The average Bonchev–Trinajstić information content (AvgIpc) is 2.64. The Labute approximate surface area is 92.0 Å². The smallest absolute Gasteiger partial charge is 0.414 e.